The number of carbonyl (C=O) groups is 1. The van der Waals surface area contributed by atoms with Gasteiger partial charge in [0.05, 0.1) is 23.9 Å². The molecule has 0 bridgehead atoms. The molecule has 138 valence electrons. The van der Waals surface area contributed by atoms with Gasteiger partial charge in [0.1, 0.15) is 10.6 Å². The minimum absolute atomic E-state index is 0.116. The van der Waals surface area contributed by atoms with Gasteiger partial charge >= 0.3 is 0 Å². The van der Waals surface area contributed by atoms with Crippen molar-refractivity contribution < 1.29 is 13.9 Å². The van der Waals surface area contributed by atoms with Gasteiger partial charge in [-0.1, -0.05) is 26.0 Å². The summed E-state index contributed by atoms with van der Waals surface area (Å²) in [7, 11) is 1.61. The van der Waals surface area contributed by atoms with E-state index in [2.05, 4.69) is 24.1 Å². The molecule has 2 aromatic heterocycles. The molecule has 0 spiro atoms. The van der Waals surface area contributed by atoms with Gasteiger partial charge in [-0.15, -0.1) is 11.3 Å². The van der Waals surface area contributed by atoms with Crippen LogP contribution in [0, 0.1) is 12.8 Å². The molecule has 0 fully saturated rings. The predicted molar refractivity (Wildman–Crippen MR) is 104 cm³/mol. The highest BCUT2D eigenvalue weighted by atomic mass is 32.1. The first-order valence-corrected chi connectivity index (χ1v) is 9.54. The zero-order valence-corrected chi connectivity index (χ0v) is 16.6. The first-order valence-electron chi connectivity index (χ1n) is 8.72. The smallest absolute Gasteiger partial charge is 0.263 e. The number of thiazole rings is 1. The number of fused-ring (bicyclic) bond motifs is 1. The van der Waals surface area contributed by atoms with Crippen molar-refractivity contribution in [1.29, 1.82) is 0 Å². The van der Waals surface area contributed by atoms with E-state index in [9.17, 15) is 4.79 Å². The van der Waals surface area contributed by atoms with Crippen molar-refractivity contribution in [3.8, 4) is 5.75 Å². The van der Waals surface area contributed by atoms with Gasteiger partial charge in [0, 0.05) is 11.8 Å². The van der Waals surface area contributed by atoms with Gasteiger partial charge < -0.3 is 14.5 Å². The lowest BCUT2D eigenvalue weighted by Crippen LogP contribution is -2.26. The Bertz CT molecular complexity index is 926. The summed E-state index contributed by atoms with van der Waals surface area (Å²) in [6, 6.07) is 7.42. The number of ether oxygens (including phenoxy) is 1. The van der Waals surface area contributed by atoms with E-state index in [4.69, 9.17) is 9.15 Å². The van der Waals surface area contributed by atoms with Gasteiger partial charge in [-0.25, -0.2) is 4.98 Å². The van der Waals surface area contributed by atoms with E-state index in [-0.39, 0.29) is 11.9 Å². The van der Waals surface area contributed by atoms with Crippen LogP contribution in [0.2, 0.25) is 0 Å². The molecule has 0 saturated heterocycles. The average Bonchev–Trinajstić information content (AvgIpc) is 3.17. The third-order valence-corrected chi connectivity index (χ3v) is 5.33. The molecule has 5 nitrogen and oxygen atoms in total. The number of benzene rings is 1. The number of amides is 1. The molecular formula is C20H24N2O3S. The van der Waals surface area contributed by atoms with Gasteiger partial charge in [0.25, 0.3) is 5.91 Å². The monoisotopic (exact) mass is 372 g/mol. The summed E-state index contributed by atoms with van der Waals surface area (Å²) in [5, 5.41) is 4.97. The Morgan fingerprint density at radius 2 is 2.12 bits per heavy atom. The molecule has 1 unspecified atom stereocenters. The second kappa shape index (κ2) is 7.50. The third kappa shape index (κ3) is 3.75. The molecule has 2 heterocycles. The van der Waals surface area contributed by atoms with Crippen molar-refractivity contribution in [2.45, 2.75) is 40.2 Å². The molecule has 0 aliphatic carbocycles. The number of nitrogens with zero attached hydrogens (tertiary/aromatic N) is 1. The van der Waals surface area contributed by atoms with E-state index < -0.39 is 0 Å². The van der Waals surface area contributed by atoms with Crippen molar-refractivity contribution in [1.82, 2.24) is 10.3 Å². The zero-order valence-electron chi connectivity index (χ0n) is 15.8. The number of aromatic nitrogens is 1. The summed E-state index contributed by atoms with van der Waals surface area (Å²) >= 11 is 1.47. The van der Waals surface area contributed by atoms with Crippen LogP contribution in [0.15, 0.2) is 28.7 Å². The van der Waals surface area contributed by atoms with Gasteiger partial charge in [0.15, 0.2) is 11.3 Å². The third-order valence-electron chi connectivity index (χ3n) is 4.15. The molecule has 0 saturated carbocycles. The lowest BCUT2D eigenvalue weighted by Gasteiger charge is -2.10. The summed E-state index contributed by atoms with van der Waals surface area (Å²) in [6.07, 6.45) is 0.887. The highest BCUT2D eigenvalue weighted by Gasteiger charge is 2.20. The van der Waals surface area contributed by atoms with E-state index in [1.807, 2.05) is 38.1 Å². The van der Waals surface area contributed by atoms with E-state index in [0.717, 1.165) is 22.5 Å². The first-order chi connectivity index (χ1) is 12.4. The van der Waals surface area contributed by atoms with Crippen molar-refractivity contribution >= 4 is 28.2 Å². The maximum absolute atomic E-state index is 12.7. The summed E-state index contributed by atoms with van der Waals surface area (Å²) < 4.78 is 11.3. The molecular weight excluding hydrogens is 348 g/mol. The number of hydrogen-bond donors (Lipinski definition) is 1. The number of nitrogens with one attached hydrogen (secondary N) is 1. The van der Waals surface area contributed by atoms with Gasteiger partial charge in [-0.2, -0.15) is 0 Å². The van der Waals surface area contributed by atoms with Crippen molar-refractivity contribution in [2.75, 3.05) is 7.11 Å². The normalized spacial score (nSPS) is 12.5. The SMILES string of the molecule is COc1cccc2cc(C(C)NC(=O)c3sc(CC(C)C)nc3C)oc12. The Hall–Kier alpha value is -2.34. The number of carbonyl (C=O) groups excluding carboxylic acids is 1. The minimum atomic E-state index is -0.255. The van der Waals surface area contributed by atoms with E-state index in [1.54, 1.807) is 7.11 Å². The molecule has 26 heavy (non-hydrogen) atoms. The standard InChI is InChI=1S/C20H24N2O3S/c1-11(2)9-17-21-13(4)19(26-17)20(23)22-12(3)16-10-14-7-6-8-15(24-5)18(14)25-16/h6-8,10-12H,9H2,1-5H3,(H,22,23). The van der Waals surface area contributed by atoms with Gasteiger partial charge in [0.2, 0.25) is 0 Å². The van der Waals surface area contributed by atoms with Gasteiger partial charge in [-0.05, 0) is 31.9 Å². The van der Waals surface area contributed by atoms with Crippen LogP contribution in [0.3, 0.4) is 0 Å². The second-order valence-electron chi connectivity index (χ2n) is 6.84. The van der Waals surface area contributed by atoms with Crippen LogP contribution in [0.25, 0.3) is 11.0 Å². The van der Waals surface area contributed by atoms with Crippen molar-refractivity contribution in [3.05, 3.63) is 45.6 Å². The number of aryl methyl sites for hydroxylation is 1. The molecule has 1 amide bonds. The quantitative estimate of drug-likeness (QED) is 0.669. The maximum Gasteiger partial charge on any atom is 0.263 e. The fraction of sp³-hybridized carbons (Fsp3) is 0.400. The Morgan fingerprint density at radius 1 is 1.35 bits per heavy atom. The van der Waals surface area contributed by atoms with Crippen LogP contribution in [0.4, 0.5) is 0 Å². The Kier molecular flexibility index (Phi) is 5.32. The van der Waals surface area contributed by atoms with Crippen molar-refractivity contribution in [3.63, 3.8) is 0 Å². The average molecular weight is 372 g/mol. The molecule has 1 atom stereocenters. The number of furan rings is 1. The van der Waals surface area contributed by atoms with E-state index >= 15 is 0 Å². The molecule has 0 aliphatic heterocycles. The number of methoxy groups -OCH3 is 1. The molecule has 1 N–H and O–H groups in total. The van der Waals surface area contributed by atoms with Crippen LogP contribution in [-0.4, -0.2) is 18.0 Å². The molecule has 3 rings (SSSR count). The second-order valence-corrected chi connectivity index (χ2v) is 7.93. The van der Waals surface area contributed by atoms with Crippen LogP contribution < -0.4 is 10.1 Å². The summed E-state index contributed by atoms with van der Waals surface area (Å²) in [4.78, 5) is 17.9. The Balaban J connectivity index is 1.78. The van der Waals surface area contributed by atoms with Gasteiger partial charge in [-0.3, -0.25) is 4.79 Å². The predicted octanol–water partition coefficient (Wildman–Crippen LogP) is 4.90. The number of rotatable bonds is 6. The summed E-state index contributed by atoms with van der Waals surface area (Å²) in [6.45, 7) is 8.09. The lowest BCUT2D eigenvalue weighted by atomic mass is 10.1. The van der Waals surface area contributed by atoms with Crippen LogP contribution in [0.1, 0.15) is 52.9 Å². The minimum Gasteiger partial charge on any atom is -0.493 e. The number of hydrogen-bond acceptors (Lipinski definition) is 5. The van der Waals surface area contributed by atoms with Crippen molar-refractivity contribution in [2.24, 2.45) is 5.92 Å². The topological polar surface area (TPSA) is 64.4 Å². The first kappa shape index (κ1) is 18.5. The zero-order chi connectivity index (χ0) is 18.8. The Labute approximate surface area is 157 Å². The maximum atomic E-state index is 12.7. The molecule has 0 aliphatic rings. The lowest BCUT2D eigenvalue weighted by molar-refractivity contribution is 0.0939. The van der Waals surface area contributed by atoms with E-state index in [0.29, 0.717) is 27.9 Å². The summed E-state index contributed by atoms with van der Waals surface area (Å²) in [5.41, 5.74) is 1.47. The Morgan fingerprint density at radius 3 is 2.81 bits per heavy atom. The largest absolute Gasteiger partial charge is 0.493 e. The molecule has 0 radical (unpaired) electrons. The summed E-state index contributed by atoms with van der Waals surface area (Å²) in [5.74, 6) is 1.78. The molecule has 1 aromatic carbocycles. The van der Waals surface area contributed by atoms with Crippen LogP contribution in [0.5, 0.6) is 5.75 Å². The van der Waals surface area contributed by atoms with Crippen LogP contribution in [-0.2, 0) is 6.42 Å². The highest BCUT2D eigenvalue weighted by molar-refractivity contribution is 7.13. The molecule has 6 heteroatoms. The van der Waals surface area contributed by atoms with Crippen LogP contribution >= 0.6 is 11.3 Å². The fourth-order valence-corrected chi connectivity index (χ4v) is 4.04. The highest BCUT2D eigenvalue weighted by Crippen LogP contribution is 2.31. The number of para-hydroxylation sites is 1. The molecule has 3 aromatic rings. The van der Waals surface area contributed by atoms with E-state index in [1.165, 1.54) is 11.3 Å². The fourth-order valence-electron chi connectivity index (χ4n) is 2.86.